The van der Waals surface area contributed by atoms with Gasteiger partial charge in [-0.05, 0) is 43.7 Å². The van der Waals surface area contributed by atoms with Crippen LogP contribution in [0.4, 0.5) is 5.00 Å². The second-order valence-corrected chi connectivity index (χ2v) is 6.73. The van der Waals surface area contributed by atoms with Gasteiger partial charge in [0.2, 0.25) is 6.54 Å². The smallest absolute Gasteiger partial charge is 0.290 e. The van der Waals surface area contributed by atoms with E-state index in [0.717, 1.165) is 30.4 Å². The van der Waals surface area contributed by atoms with Crippen molar-refractivity contribution in [1.82, 2.24) is 0 Å². The number of nitrogens with zero attached hydrogens (tertiary/aromatic N) is 2. The van der Waals surface area contributed by atoms with Crippen molar-refractivity contribution in [2.45, 2.75) is 39.2 Å². The molecule has 0 saturated heterocycles. The van der Waals surface area contributed by atoms with Crippen molar-refractivity contribution in [2.24, 2.45) is 0 Å². The Labute approximate surface area is 134 Å². The van der Waals surface area contributed by atoms with Gasteiger partial charge in [0, 0.05) is 17.0 Å². The van der Waals surface area contributed by atoms with E-state index in [1.807, 2.05) is 36.0 Å². The van der Waals surface area contributed by atoms with Gasteiger partial charge in [0.25, 0.3) is 5.91 Å². The van der Waals surface area contributed by atoms with E-state index in [-0.39, 0.29) is 12.5 Å². The highest BCUT2D eigenvalue weighted by Crippen LogP contribution is 2.37. The van der Waals surface area contributed by atoms with Crippen LogP contribution in [0.1, 0.15) is 34.4 Å². The van der Waals surface area contributed by atoms with Gasteiger partial charge in [-0.3, -0.25) is 4.79 Å². The molecule has 2 aromatic heterocycles. The van der Waals surface area contributed by atoms with Crippen LogP contribution in [0.3, 0.4) is 0 Å². The van der Waals surface area contributed by atoms with Crippen LogP contribution >= 0.6 is 11.3 Å². The molecule has 0 radical (unpaired) electrons. The summed E-state index contributed by atoms with van der Waals surface area (Å²) in [6.07, 6.45) is 8.06. The summed E-state index contributed by atoms with van der Waals surface area (Å²) in [6, 6.07) is 6.21. The van der Waals surface area contributed by atoms with Gasteiger partial charge in [-0.1, -0.05) is 0 Å². The van der Waals surface area contributed by atoms with Gasteiger partial charge in [0.1, 0.15) is 11.1 Å². The molecule has 0 bridgehead atoms. The number of aryl methyl sites for hydroxylation is 2. The first-order chi connectivity index (χ1) is 10.7. The number of rotatable bonds is 3. The Bertz CT molecular complexity index is 740. The highest BCUT2D eigenvalue weighted by Gasteiger charge is 2.22. The van der Waals surface area contributed by atoms with Crippen LogP contribution in [0.2, 0.25) is 0 Å². The van der Waals surface area contributed by atoms with Crippen LogP contribution in [-0.4, -0.2) is 5.91 Å². The lowest BCUT2D eigenvalue weighted by Crippen LogP contribution is -2.39. The average Bonchev–Trinajstić information content (AvgIpc) is 2.86. The minimum absolute atomic E-state index is 0.0936. The van der Waals surface area contributed by atoms with Gasteiger partial charge in [-0.2, -0.15) is 9.83 Å². The van der Waals surface area contributed by atoms with Gasteiger partial charge in [-0.15, -0.1) is 11.3 Å². The van der Waals surface area contributed by atoms with Crippen molar-refractivity contribution in [2.75, 3.05) is 5.32 Å². The van der Waals surface area contributed by atoms with Crippen LogP contribution in [0.5, 0.6) is 0 Å². The van der Waals surface area contributed by atoms with Gasteiger partial charge < -0.3 is 5.32 Å². The maximum Gasteiger partial charge on any atom is 0.290 e. The summed E-state index contributed by atoms with van der Waals surface area (Å²) in [4.78, 5) is 13.5. The topological polar surface area (TPSA) is 56.8 Å². The number of aromatic nitrogens is 1. The number of nitriles is 1. The number of anilines is 1. The Kier molecular flexibility index (Phi) is 4.21. The zero-order valence-corrected chi connectivity index (χ0v) is 13.4. The molecule has 0 atom stereocenters. The molecule has 0 aliphatic heterocycles. The van der Waals surface area contributed by atoms with Crippen molar-refractivity contribution in [1.29, 1.82) is 5.26 Å². The SMILES string of the molecule is Cc1cc[n+](CC(=O)Nc2sc3c(c2C#N)CCCC3)cc1. The number of thiophene rings is 1. The molecule has 112 valence electrons. The molecule has 0 aromatic carbocycles. The number of carbonyl (C=O) groups excluding carboxylic acids is 1. The maximum absolute atomic E-state index is 12.2. The maximum atomic E-state index is 12.2. The zero-order chi connectivity index (χ0) is 15.5. The number of pyridine rings is 1. The van der Waals surface area contributed by atoms with E-state index in [2.05, 4.69) is 11.4 Å². The van der Waals surface area contributed by atoms with E-state index < -0.39 is 0 Å². The third-order valence-electron chi connectivity index (χ3n) is 3.92. The summed E-state index contributed by atoms with van der Waals surface area (Å²) in [6.45, 7) is 2.27. The predicted octanol–water partition coefficient (Wildman–Crippen LogP) is 2.73. The molecule has 0 fully saturated rings. The van der Waals surface area contributed by atoms with Crippen molar-refractivity contribution >= 4 is 22.2 Å². The molecule has 3 rings (SSSR count). The normalized spacial score (nSPS) is 13.3. The minimum atomic E-state index is -0.0936. The fourth-order valence-corrected chi connectivity index (χ4v) is 4.00. The average molecular weight is 312 g/mol. The van der Waals surface area contributed by atoms with E-state index >= 15 is 0 Å². The molecule has 1 amide bonds. The van der Waals surface area contributed by atoms with Crippen molar-refractivity contribution in [3.05, 3.63) is 46.1 Å². The molecule has 2 heterocycles. The summed E-state index contributed by atoms with van der Waals surface area (Å²) < 4.78 is 1.84. The summed E-state index contributed by atoms with van der Waals surface area (Å²) in [5.74, 6) is -0.0936. The van der Waals surface area contributed by atoms with E-state index in [1.54, 1.807) is 11.3 Å². The monoisotopic (exact) mass is 312 g/mol. The molecule has 5 heteroatoms. The van der Waals surface area contributed by atoms with E-state index in [1.165, 1.54) is 11.3 Å². The Hall–Kier alpha value is -2.19. The molecule has 1 N–H and O–H groups in total. The fourth-order valence-electron chi connectivity index (χ4n) is 2.74. The summed E-state index contributed by atoms with van der Waals surface area (Å²) >= 11 is 1.56. The Balaban J connectivity index is 1.75. The van der Waals surface area contributed by atoms with Crippen LogP contribution < -0.4 is 9.88 Å². The standard InChI is InChI=1S/C17H17N3OS/c1-12-6-8-20(9-7-12)11-16(21)19-17-14(10-18)13-4-2-3-5-15(13)22-17/h6-9H,2-5,11H2,1H3/p+1. The molecule has 1 aliphatic carbocycles. The Morgan fingerprint density at radius 3 is 2.82 bits per heavy atom. The van der Waals surface area contributed by atoms with Crippen LogP contribution in [0.25, 0.3) is 0 Å². The number of hydrogen-bond donors (Lipinski definition) is 1. The molecule has 2 aromatic rings. The lowest BCUT2D eigenvalue weighted by Gasteiger charge is -2.09. The lowest BCUT2D eigenvalue weighted by atomic mass is 9.96. The van der Waals surface area contributed by atoms with Crippen LogP contribution in [0, 0.1) is 18.3 Å². The summed E-state index contributed by atoms with van der Waals surface area (Å²) in [5, 5.41) is 13.0. The molecule has 1 aliphatic rings. The Morgan fingerprint density at radius 1 is 1.36 bits per heavy atom. The quantitative estimate of drug-likeness (QED) is 0.886. The second-order valence-electron chi connectivity index (χ2n) is 5.62. The first-order valence-electron chi connectivity index (χ1n) is 7.47. The van der Waals surface area contributed by atoms with Gasteiger partial charge in [-0.25, -0.2) is 0 Å². The van der Waals surface area contributed by atoms with Crippen molar-refractivity contribution in [3.8, 4) is 6.07 Å². The first kappa shape index (κ1) is 14.7. The largest absolute Gasteiger partial charge is 0.311 e. The lowest BCUT2D eigenvalue weighted by molar-refractivity contribution is -0.684. The third-order valence-corrected chi connectivity index (χ3v) is 5.13. The predicted molar refractivity (Wildman–Crippen MR) is 85.7 cm³/mol. The van der Waals surface area contributed by atoms with Crippen LogP contribution in [-0.2, 0) is 24.2 Å². The number of fused-ring (bicyclic) bond motifs is 1. The number of nitrogens with one attached hydrogen (secondary N) is 1. The van der Waals surface area contributed by atoms with E-state index in [4.69, 9.17) is 0 Å². The molecule has 0 saturated carbocycles. The van der Waals surface area contributed by atoms with E-state index in [9.17, 15) is 10.1 Å². The Morgan fingerprint density at radius 2 is 2.09 bits per heavy atom. The number of hydrogen-bond acceptors (Lipinski definition) is 3. The van der Waals surface area contributed by atoms with E-state index in [0.29, 0.717) is 10.6 Å². The van der Waals surface area contributed by atoms with Crippen LogP contribution in [0.15, 0.2) is 24.5 Å². The van der Waals surface area contributed by atoms with Crippen molar-refractivity contribution in [3.63, 3.8) is 0 Å². The first-order valence-corrected chi connectivity index (χ1v) is 8.29. The molecular formula is C17H18N3OS+. The summed E-state index contributed by atoms with van der Waals surface area (Å²) in [5.41, 5.74) is 2.98. The third kappa shape index (κ3) is 3.02. The van der Waals surface area contributed by atoms with Gasteiger partial charge in [0.05, 0.1) is 5.56 Å². The fraction of sp³-hybridized carbons (Fsp3) is 0.353. The molecule has 0 spiro atoms. The zero-order valence-electron chi connectivity index (χ0n) is 12.6. The highest BCUT2D eigenvalue weighted by atomic mass is 32.1. The highest BCUT2D eigenvalue weighted by molar-refractivity contribution is 7.16. The van der Waals surface area contributed by atoms with Crippen molar-refractivity contribution < 1.29 is 9.36 Å². The second kappa shape index (κ2) is 6.29. The molecule has 4 nitrogen and oxygen atoms in total. The number of carbonyl (C=O) groups is 1. The summed E-state index contributed by atoms with van der Waals surface area (Å²) in [7, 11) is 0. The number of amides is 1. The van der Waals surface area contributed by atoms with Gasteiger partial charge >= 0.3 is 0 Å². The minimum Gasteiger partial charge on any atom is -0.311 e. The molecule has 0 unspecified atom stereocenters. The van der Waals surface area contributed by atoms with Gasteiger partial charge in [0.15, 0.2) is 12.4 Å². The molecular weight excluding hydrogens is 294 g/mol. The molecule has 22 heavy (non-hydrogen) atoms.